The van der Waals surface area contributed by atoms with Crippen molar-refractivity contribution in [1.82, 2.24) is 25.7 Å². The van der Waals surface area contributed by atoms with Gasteiger partial charge in [0.1, 0.15) is 11.6 Å². The summed E-state index contributed by atoms with van der Waals surface area (Å²) in [6.45, 7) is 0.698. The van der Waals surface area contributed by atoms with Crippen LogP contribution in [0.25, 0.3) is 10.9 Å². The summed E-state index contributed by atoms with van der Waals surface area (Å²) < 4.78 is 68.2. The standard InChI is InChI=1S/C35H42F3N5O6S/c1-34(18-26-19-39-28-10-6-5-9-27(26)28,43-33(46)49-31-24-14-21-13-22(16-24)17-25(31)15-21)32(45)40-20-29(23-7-3-2-4-8-23)42-30(44)11-12-41-50(47,48)35(36,37)38/h2-10,19,21-22,24-25,29,31,39,41H,11-18,20H2,1H3,(H,40,45)(H,42,44)(H,43,46)/t21?,22?,24?,25?,29-,31?,34-/m1/s1. The van der Waals surface area contributed by atoms with E-state index in [9.17, 15) is 36.0 Å². The highest BCUT2D eigenvalue weighted by molar-refractivity contribution is 7.90. The van der Waals surface area contributed by atoms with Gasteiger partial charge in [-0.3, -0.25) is 9.59 Å². The minimum Gasteiger partial charge on any atom is -0.446 e. The molecule has 0 saturated heterocycles. The van der Waals surface area contributed by atoms with Crippen LogP contribution in [0.5, 0.6) is 0 Å². The van der Waals surface area contributed by atoms with Crippen molar-refractivity contribution < 1.29 is 40.7 Å². The molecule has 0 spiro atoms. The van der Waals surface area contributed by atoms with Crippen molar-refractivity contribution in [3.63, 3.8) is 0 Å². The zero-order valence-electron chi connectivity index (χ0n) is 27.6. The van der Waals surface area contributed by atoms with E-state index in [0.29, 0.717) is 29.2 Å². The highest BCUT2D eigenvalue weighted by Gasteiger charge is 2.50. The number of rotatable bonds is 13. The van der Waals surface area contributed by atoms with Gasteiger partial charge in [0.15, 0.2) is 0 Å². The maximum Gasteiger partial charge on any atom is 0.511 e. The molecule has 50 heavy (non-hydrogen) atoms. The van der Waals surface area contributed by atoms with E-state index in [4.69, 9.17) is 4.74 Å². The zero-order valence-corrected chi connectivity index (χ0v) is 28.4. The second-order valence-electron chi connectivity index (χ2n) is 14.1. The number of fused-ring (bicyclic) bond motifs is 1. The van der Waals surface area contributed by atoms with Gasteiger partial charge in [-0.2, -0.15) is 13.2 Å². The molecule has 11 nitrogen and oxygen atoms in total. The molecule has 3 amide bonds. The van der Waals surface area contributed by atoms with Gasteiger partial charge < -0.3 is 25.7 Å². The van der Waals surface area contributed by atoms with Crippen LogP contribution >= 0.6 is 0 Å². The fourth-order valence-corrected chi connectivity index (χ4v) is 8.80. The van der Waals surface area contributed by atoms with Crippen LogP contribution in [0.2, 0.25) is 0 Å². The van der Waals surface area contributed by atoms with E-state index >= 15 is 0 Å². The van der Waals surface area contributed by atoms with Crippen LogP contribution in [0.15, 0.2) is 60.8 Å². The van der Waals surface area contributed by atoms with Gasteiger partial charge in [0.05, 0.1) is 6.04 Å². The first-order chi connectivity index (χ1) is 23.7. The normalized spacial score (nSPS) is 24.7. The molecule has 4 aliphatic carbocycles. The molecule has 15 heteroatoms. The van der Waals surface area contributed by atoms with Gasteiger partial charge in [-0.05, 0) is 79.9 Å². The van der Waals surface area contributed by atoms with Crippen molar-refractivity contribution >= 4 is 38.8 Å². The summed E-state index contributed by atoms with van der Waals surface area (Å²) in [7, 11) is -5.61. The van der Waals surface area contributed by atoms with Gasteiger partial charge in [0.2, 0.25) is 11.8 Å². The number of nitrogens with one attached hydrogen (secondary N) is 5. The number of aromatic amines is 1. The Morgan fingerprint density at radius 3 is 2.24 bits per heavy atom. The van der Waals surface area contributed by atoms with E-state index in [0.717, 1.165) is 42.1 Å². The lowest BCUT2D eigenvalue weighted by Crippen LogP contribution is -2.60. The highest BCUT2D eigenvalue weighted by atomic mass is 32.2. The Balaban J connectivity index is 1.16. The maximum atomic E-state index is 14.1. The van der Waals surface area contributed by atoms with Crippen molar-refractivity contribution in [3.8, 4) is 0 Å². The predicted octanol–water partition coefficient (Wildman–Crippen LogP) is 4.82. The van der Waals surface area contributed by atoms with Gasteiger partial charge in [0, 0.05) is 43.0 Å². The third-order valence-electron chi connectivity index (χ3n) is 10.4. The Hall–Kier alpha value is -4.11. The van der Waals surface area contributed by atoms with E-state index in [1.807, 2.05) is 24.3 Å². The maximum absolute atomic E-state index is 14.1. The lowest BCUT2D eigenvalue weighted by atomic mass is 9.55. The SMILES string of the molecule is C[C@](Cc1c[nH]c2ccccc12)(NC(=O)OC1C2CC3CC(C2)CC1C3)C(=O)NC[C@@H](NC(=O)CCNS(=O)(=O)C(F)(F)F)c1ccccc1. The topological polar surface area (TPSA) is 158 Å². The number of sulfonamides is 1. The number of hydrogen-bond donors (Lipinski definition) is 5. The number of alkyl halides is 3. The van der Waals surface area contributed by atoms with E-state index < -0.39 is 58.0 Å². The number of carbonyl (C=O) groups is 3. The van der Waals surface area contributed by atoms with E-state index in [1.54, 1.807) is 43.5 Å². The summed E-state index contributed by atoms with van der Waals surface area (Å²) in [5.74, 6) is 0.755. The number of ether oxygens (including phenoxy) is 1. The number of benzene rings is 2. The Morgan fingerprint density at radius 2 is 1.58 bits per heavy atom. The first kappa shape index (κ1) is 35.7. The van der Waals surface area contributed by atoms with Crippen LogP contribution in [-0.2, 0) is 30.8 Å². The fourth-order valence-electron chi connectivity index (χ4n) is 8.26. The Bertz CT molecular complexity index is 1790. The van der Waals surface area contributed by atoms with Crippen molar-refractivity contribution in [2.45, 2.75) is 75.1 Å². The molecular formula is C35H42F3N5O6S. The van der Waals surface area contributed by atoms with Crippen molar-refractivity contribution in [1.29, 1.82) is 0 Å². The first-order valence-electron chi connectivity index (χ1n) is 16.9. The number of amides is 3. The van der Waals surface area contributed by atoms with Crippen LogP contribution in [-0.4, -0.2) is 61.6 Å². The van der Waals surface area contributed by atoms with Crippen LogP contribution < -0.4 is 20.7 Å². The fraction of sp³-hybridized carbons (Fsp3) is 0.514. The average Bonchev–Trinajstić information content (AvgIpc) is 3.46. The Morgan fingerprint density at radius 1 is 0.940 bits per heavy atom. The summed E-state index contributed by atoms with van der Waals surface area (Å²) in [6, 6.07) is 15.4. The van der Waals surface area contributed by atoms with Gasteiger partial charge in [-0.1, -0.05) is 48.5 Å². The molecule has 0 unspecified atom stereocenters. The van der Waals surface area contributed by atoms with Crippen LogP contribution in [0.3, 0.4) is 0 Å². The molecule has 2 atom stereocenters. The van der Waals surface area contributed by atoms with Gasteiger partial charge in [-0.25, -0.2) is 17.9 Å². The number of H-pyrrole nitrogens is 1. The van der Waals surface area contributed by atoms with Gasteiger partial charge >= 0.3 is 21.6 Å². The second-order valence-corrected chi connectivity index (χ2v) is 15.9. The zero-order chi connectivity index (χ0) is 35.7. The molecule has 3 aromatic rings. The molecule has 5 N–H and O–H groups in total. The smallest absolute Gasteiger partial charge is 0.446 e. The van der Waals surface area contributed by atoms with Gasteiger partial charge in [-0.15, -0.1) is 0 Å². The molecule has 7 rings (SSSR count). The predicted molar refractivity (Wildman–Crippen MR) is 179 cm³/mol. The van der Waals surface area contributed by atoms with Crippen molar-refractivity contribution in [3.05, 3.63) is 71.9 Å². The minimum absolute atomic E-state index is 0.112. The molecule has 1 aromatic heterocycles. The molecule has 0 radical (unpaired) electrons. The third kappa shape index (κ3) is 7.93. The van der Waals surface area contributed by atoms with Gasteiger partial charge in [0.25, 0.3) is 0 Å². The van der Waals surface area contributed by atoms with E-state index in [-0.39, 0.29) is 19.1 Å². The number of aromatic nitrogens is 1. The molecule has 270 valence electrons. The number of carbonyl (C=O) groups excluding carboxylic acids is 3. The van der Waals surface area contributed by atoms with Crippen LogP contribution in [0, 0.1) is 23.7 Å². The number of para-hydroxylation sites is 1. The first-order valence-corrected chi connectivity index (χ1v) is 18.4. The second kappa shape index (κ2) is 14.3. The summed E-state index contributed by atoms with van der Waals surface area (Å²) in [5, 5.41) is 9.30. The number of halogens is 3. The van der Waals surface area contributed by atoms with Crippen LogP contribution in [0.1, 0.15) is 62.6 Å². The lowest BCUT2D eigenvalue weighted by Gasteiger charge is -2.53. The average molecular weight is 718 g/mol. The molecule has 4 aliphatic rings. The van der Waals surface area contributed by atoms with Crippen molar-refractivity contribution in [2.24, 2.45) is 23.7 Å². The summed E-state index contributed by atoms with van der Waals surface area (Å²) >= 11 is 0. The van der Waals surface area contributed by atoms with Crippen molar-refractivity contribution in [2.75, 3.05) is 13.1 Å². The lowest BCUT2D eigenvalue weighted by molar-refractivity contribution is -0.128. The van der Waals surface area contributed by atoms with Crippen LogP contribution in [0.4, 0.5) is 18.0 Å². The highest BCUT2D eigenvalue weighted by Crippen LogP contribution is 2.54. The molecular weight excluding hydrogens is 675 g/mol. The largest absolute Gasteiger partial charge is 0.511 e. The molecule has 4 fully saturated rings. The Labute approximate surface area is 288 Å². The molecule has 0 aliphatic heterocycles. The quantitative estimate of drug-likeness (QED) is 0.171. The third-order valence-corrected chi connectivity index (χ3v) is 11.6. The molecule has 4 bridgehead atoms. The molecule has 1 heterocycles. The number of alkyl carbamates (subject to hydrolysis) is 1. The molecule has 2 aromatic carbocycles. The number of hydrogen-bond acceptors (Lipinski definition) is 6. The van der Waals surface area contributed by atoms with E-state index in [2.05, 4.69) is 20.9 Å². The monoisotopic (exact) mass is 717 g/mol. The summed E-state index contributed by atoms with van der Waals surface area (Å²) in [6.07, 6.45) is 5.94. The molecule has 4 saturated carbocycles. The summed E-state index contributed by atoms with van der Waals surface area (Å²) in [4.78, 5) is 43.7. The minimum atomic E-state index is -5.61. The Kier molecular flexibility index (Phi) is 10.2. The van der Waals surface area contributed by atoms with E-state index in [1.165, 1.54) is 11.1 Å². The summed E-state index contributed by atoms with van der Waals surface area (Å²) in [5.41, 5.74) is -4.75.